The van der Waals surface area contributed by atoms with Gasteiger partial charge in [-0.1, -0.05) is 12.2 Å². The Morgan fingerprint density at radius 2 is 2.00 bits per heavy atom. The van der Waals surface area contributed by atoms with Gasteiger partial charge in [0.25, 0.3) is 0 Å². The molecule has 1 amide bonds. The lowest BCUT2D eigenvalue weighted by Crippen LogP contribution is -2.26. The first-order valence-electron chi connectivity index (χ1n) is 7.16. The van der Waals surface area contributed by atoms with Gasteiger partial charge in [0.15, 0.2) is 0 Å². The molecule has 0 aromatic heterocycles. The van der Waals surface area contributed by atoms with Crippen molar-refractivity contribution in [2.75, 3.05) is 13.1 Å². The van der Waals surface area contributed by atoms with E-state index in [-0.39, 0.29) is 12.1 Å². The number of nitrogens with two attached hydrogens (primary N) is 1. The number of benzene rings is 1. The Bertz CT molecular complexity index is 581. The van der Waals surface area contributed by atoms with E-state index < -0.39 is 17.6 Å². The van der Waals surface area contributed by atoms with Crippen molar-refractivity contribution in [3.05, 3.63) is 47.0 Å². The molecule has 120 valence electrons. The molecule has 1 aliphatic heterocycles. The van der Waals surface area contributed by atoms with Crippen LogP contribution in [0.1, 0.15) is 40.7 Å². The topological polar surface area (TPSA) is 46.3 Å². The lowest BCUT2D eigenvalue weighted by molar-refractivity contribution is -0.137. The Morgan fingerprint density at radius 1 is 1.27 bits per heavy atom. The minimum absolute atomic E-state index is 0.149. The molecule has 0 atom stereocenters. The van der Waals surface area contributed by atoms with E-state index in [0.29, 0.717) is 5.56 Å². The van der Waals surface area contributed by atoms with Gasteiger partial charge in [-0.25, -0.2) is 0 Å². The van der Waals surface area contributed by atoms with Crippen molar-refractivity contribution in [2.24, 2.45) is 5.73 Å². The molecule has 0 unspecified atom stereocenters. The minimum Gasteiger partial charge on any atom is -0.366 e. The Hall–Kier alpha value is -1.82. The highest BCUT2D eigenvalue weighted by molar-refractivity contribution is 5.94. The van der Waals surface area contributed by atoms with Crippen LogP contribution in [0.4, 0.5) is 13.2 Å². The number of alkyl halides is 3. The lowest BCUT2D eigenvalue weighted by atomic mass is 10.0. The highest BCUT2D eigenvalue weighted by Gasteiger charge is 2.31. The second kappa shape index (κ2) is 6.52. The van der Waals surface area contributed by atoms with E-state index >= 15 is 0 Å². The molecule has 0 bridgehead atoms. The van der Waals surface area contributed by atoms with E-state index in [2.05, 4.69) is 6.58 Å². The smallest absolute Gasteiger partial charge is 0.366 e. The Morgan fingerprint density at radius 3 is 2.64 bits per heavy atom. The number of likely N-dealkylation sites (tertiary alicyclic amines) is 1. The van der Waals surface area contributed by atoms with Gasteiger partial charge in [0.1, 0.15) is 0 Å². The molecule has 6 heteroatoms. The summed E-state index contributed by atoms with van der Waals surface area (Å²) in [5.41, 5.74) is 6.15. The molecule has 1 aromatic rings. The summed E-state index contributed by atoms with van der Waals surface area (Å²) in [6, 6.07) is 3.09. The van der Waals surface area contributed by atoms with Crippen molar-refractivity contribution in [1.29, 1.82) is 0 Å². The zero-order chi connectivity index (χ0) is 16.3. The van der Waals surface area contributed by atoms with Gasteiger partial charge in [-0.3, -0.25) is 9.69 Å². The molecular weight excluding hydrogens is 293 g/mol. The number of amides is 1. The maximum atomic E-state index is 12.9. The van der Waals surface area contributed by atoms with Crippen LogP contribution in [0.15, 0.2) is 30.4 Å². The van der Waals surface area contributed by atoms with Crippen LogP contribution in [0, 0.1) is 0 Å². The van der Waals surface area contributed by atoms with E-state index in [4.69, 9.17) is 5.73 Å². The summed E-state index contributed by atoms with van der Waals surface area (Å²) < 4.78 is 38.6. The highest BCUT2D eigenvalue weighted by atomic mass is 19.4. The summed E-state index contributed by atoms with van der Waals surface area (Å²) in [6.07, 6.45) is -1.76. The van der Waals surface area contributed by atoms with Crippen molar-refractivity contribution in [1.82, 2.24) is 4.90 Å². The van der Waals surface area contributed by atoms with Gasteiger partial charge in [0.2, 0.25) is 5.91 Å². The molecule has 2 rings (SSSR count). The quantitative estimate of drug-likeness (QED) is 0.870. The first-order chi connectivity index (χ1) is 10.3. The molecule has 1 saturated heterocycles. The molecule has 1 aromatic carbocycles. The third-order valence-electron chi connectivity index (χ3n) is 3.88. The molecule has 0 spiro atoms. The summed E-state index contributed by atoms with van der Waals surface area (Å²) in [5.74, 6) is -0.706. The van der Waals surface area contributed by atoms with E-state index in [1.165, 1.54) is 0 Å². The number of nitrogens with zero attached hydrogens (tertiary/aromatic N) is 1. The third-order valence-corrected chi connectivity index (χ3v) is 3.88. The number of primary amides is 1. The SMILES string of the molecule is C=C1CCCN(Cc2cc(C(F)(F)F)ccc2C(N)=O)CC1. The van der Waals surface area contributed by atoms with E-state index in [9.17, 15) is 18.0 Å². The molecule has 22 heavy (non-hydrogen) atoms. The standard InChI is InChI=1S/C16H19F3N2O/c1-11-3-2-7-21(8-6-11)10-12-9-13(16(17,18)19)4-5-14(12)15(20)22/h4-5,9H,1-3,6-8,10H2,(H2,20,22). The average Bonchev–Trinajstić information content (AvgIpc) is 2.62. The van der Waals surface area contributed by atoms with Gasteiger partial charge in [-0.05, 0) is 49.6 Å². The average molecular weight is 312 g/mol. The maximum Gasteiger partial charge on any atom is 0.416 e. The largest absolute Gasteiger partial charge is 0.416 e. The molecular formula is C16H19F3N2O. The summed E-state index contributed by atoms with van der Waals surface area (Å²) >= 11 is 0. The normalized spacial score (nSPS) is 17.3. The van der Waals surface area contributed by atoms with Crippen molar-refractivity contribution in [2.45, 2.75) is 32.0 Å². The Balaban J connectivity index is 2.26. The van der Waals surface area contributed by atoms with Gasteiger partial charge in [-0.15, -0.1) is 0 Å². The number of rotatable bonds is 3. The van der Waals surface area contributed by atoms with Gasteiger partial charge in [0.05, 0.1) is 5.56 Å². The van der Waals surface area contributed by atoms with Crippen LogP contribution >= 0.6 is 0 Å². The molecule has 2 N–H and O–H groups in total. The van der Waals surface area contributed by atoms with Gasteiger partial charge < -0.3 is 5.73 Å². The fraction of sp³-hybridized carbons (Fsp3) is 0.438. The number of carbonyl (C=O) groups excluding carboxylic acids is 1. The predicted octanol–water partition coefficient (Wildman–Crippen LogP) is 3.35. The first-order valence-corrected chi connectivity index (χ1v) is 7.16. The second-order valence-corrected chi connectivity index (χ2v) is 5.61. The van der Waals surface area contributed by atoms with Crippen molar-refractivity contribution in [3.63, 3.8) is 0 Å². The van der Waals surface area contributed by atoms with Crippen LogP contribution in [0.3, 0.4) is 0 Å². The summed E-state index contributed by atoms with van der Waals surface area (Å²) in [5, 5.41) is 0. The summed E-state index contributed by atoms with van der Waals surface area (Å²) in [6.45, 7) is 5.75. The van der Waals surface area contributed by atoms with Crippen molar-refractivity contribution < 1.29 is 18.0 Å². The fourth-order valence-corrected chi connectivity index (χ4v) is 2.65. The third kappa shape index (κ3) is 4.10. The molecule has 1 aliphatic rings. The van der Waals surface area contributed by atoms with Gasteiger partial charge >= 0.3 is 6.18 Å². The molecule has 1 heterocycles. The molecule has 0 saturated carbocycles. The maximum absolute atomic E-state index is 12.9. The zero-order valence-electron chi connectivity index (χ0n) is 12.2. The van der Waals surface area contributed by atoms with Crippen LogP contribution in [-0.4, -0.2) is 23.9 Å². The van der Waals surface area contributed by atoms with Crippen molar-refractivity contribution in [3.8, 4) is 0 Å². The number of hydrogen-bond donors (Lipinski definition) is 1. The summed E-state index contributed by atoms with van der Waals surface area (Å²) in [4.78, 5) is 13.5. The molecule has 0 radical (unpaired) electrons. The van der Waals surface area contributed by atoms with Gasteiger partial charge in [0, 0.05) is 18.7 Å². The first kappa shape index (κ1) is 16.5. The zero-order valence-corrected chi connectivity index (χ0v) is 12.2. The monoisotopic (exact) mass is 312 g/mol. The number of hydrogen-bond acceptors (Lipinski definition) is 2. The minimum atomic E-state index is -4.43. The fourth-order valence-electron chi connectivity index (χ4n) is 2.65. The number of halogens is 3. The summed E-state index contributed by atoms with van der Waals surface area (Å²) in [7, 11) is 0. The predicted molar refractivity (Wildman–Crippen MR) is 78.2 cm³/mol. The van der Waals surface area contributed by atoms with Crippen LogP contribution in [-0.2, 0) is 12.7 Å². The van der Waals surface area contributed by atoms with Crippen LogP contribution in [0.25, 0.3) is 0 Å². The van der Waals surface area contributed by atoms with Gasteiger partial charge in [-0.2, -0.15) is 13.2 Å². The highest BCUT2D eigenvalue weighted by Crippen LogP contribution is 2.31. The molecule has 0 aliphatic carbocycles. The second-order valence-electron chi connectivity index (χ2n) is 5.61. The molecule has 3 nitrogen and oxygen atoms in total. The van der Waals surface area contributed by atoms with Crippen LogP contribution in [0.2, 0.25) is 0 Å². The van der Waals surface area contributed by atoms with E-state index in [1.54, 1.807) is 0 Å². The van der Waals surface area contributed by atoms with Crippen LogP contribution < -0.4 is 5.73 Å². The van der Waals surface area contributed by atoms with E-state index in [1.807, 2.05) is 4.90 Å². The van der Waals surface area contributed by atoms with Crippen molar-refractivity contribution >= 4 is 5.91 Å². The van der Waals surface area contributed by atoms with E-state index in [0.717, 1.165) is 56.1 Å². The molecule has 1 fully saturated rings. The Labute approximate surface area is 127 Å². The Kier molecular flexibility index (Phi) is 4.90. The lowest BCUT2D eigenvalue weighted by Gasteiger charge is -2.21. The number of carbonyl (C=O) groups is 1. The van der Waals surface area contributed by atoms with Crippen LogP contribution in [0.5, 0.6) is 0 Å².